The minimum absolute atomic E-state index is 0.0912. The van der Waals surface area contributed by atoms with E-state index >= 15 is 0 Å². The highest BCUT2D eigenvalue weighted by atomic mass is 35.5. The lowest BCUT2D eigenvalue weighted by atomic mass is 10.2. The molecule has 4 aromatic rings. The minimum atomic E-state index is -0.518. The minimum Gasteiger partial charge on any atom is -0.482 e. The number of carbonyl (C=O) groups is 1. The predicted molar refractivity (Wildman–Crippen MR) is 137 cm³/mol. The van der Waals surface area contributed by atoms with Crippen molar-refractivity contribution >= 4 is 35.1 Å². The van der Waals surface area contributed by atoms with Crippen LogP contribution in [0.3, 0.4) is 0 Å². The largest absolute Gasteiger partial charge is 0.482 e. The van der Waals surface area contributed by atoms with E-state index in [1.165, 1.54) is 17.7 Å². The zero-order valence-electron chi connectivity index (χ0n) is 18.9. The molecule has 176 valence electrons. The number of aliphatic imine (C=N–C) groups is 1. The molecule has 0 aliphatic carbocycles. The number of nitrogens with one attached hydrogen (secondary N) is 1. The third-order valence-electron chi connectivity index (χ3n) is 4.92. The second kappa shape index (κ2) is 11.3. The van der Waals surface area contributed by atoms with Gasteiger partial charge in [0.1, 0.15) is 23.1 Å². The third kappa shape index (κ3) is 6.91. The van der Waals surface area contributed by atoms with Gasteiger partial charge in [-0.05, 0) is 79.2 Å². The van der Waals surface area contributed by atoms with Crippen molar-refractivity contribution in [1.82, 2.24) is 0 Å². The molecule has 1 amide bonds. The average molecular weight is 489 g/mol. The van der Waals surface area contributed by atoms with Crippen LogP contribution in [-0.4, -0.2) is 18.7 Å². The van der Waals surface area contributed by atoms with E-state index in [0.717, 1.165) is 22.7 Å². The molecule has 0 heterocycles. The molecule has 4 rings (SSSR count). The van der Waals surface area contributed by atoms with E-state index in [1.54, 1.807) is 36.5 Å². The fourth-order valence-electron chi connectivity index (χ4n) is 3.10. The van der Waals surface area contributed by atoms with Crippen molar-refractivity contribution in [2.24, 2.45) is 4.99 Å². The number of anilines is 1. The molecule has 0 atom stereocenters. The summed E-state index contributed by atoms with van der Waals surface area (Å²) >= 11 is 6.29. The Morgan fingerprint density at radius 2 is 1.66 bits per heavy atom. The van der Waals surface area contributed by atoms with Crippen molar-refractivity contribution in [3.8, 4) is 17.2 Å². The third-order valence-corrected chi connectivity index (χ3v) is 5.21. The van der Waals surface area contributed by atoms with E-state index in [1.807, 2.05) is 55.5 Å². The van der Waals surface area contributed by atoms with Crippen molar-refractivity contribution in [2.75, 3.05) is 11.9 Å². The quantitative estimate of drug-likeness (QED) is 0.264. The number of ether oxygens (including phenoxy) is 2. The molecule has 4 aromatic carbocycles. The fraction of sp³-hybridized carbons (Fsp3) is 0.0714. The number of carbonyl (C=O) groups excluding carboxylic acids is 1. The van der Waals surface area contributed by atoms with Gasteiger partial charge in [0.05, 0.1) is 16.4 Å². The van der Waals surface area contributed by atoms with Gasteiger partial charge in [-0.25, -0.2) is 4.39 Å². The van der Waals surface area contributed by atoms with Crippen LogP contribution >= 0.6 is 11.6 Å². The van der Waals surface area contributed by atoms with E-state index in [-0.39, 0.29) is 12.3 Å². The van der Waals surface area contributed by atoms with Gasteiger partial charge in [0.15, 0.2) is 6.61 Å². The van der Waals surface area contributed by atoms with Crippen LogP contribution in [0, 0.1) is 12.7 Å². The fourth-order valence-corrected chi connectivity index (χ4v) is 3.34. The van der Waals surface area contributed by atoms with Crippen LogP contribution in [-0.2, 0) is 4.79 Å². The number of amides is 1. The number of hydrogen-bond acceptors (Lipinski definition) is 4. The summed E-state index contributed by atoms with van der Waals surface area (Å²) < 4.78 is 24.9. The van der Waals surface area contributed by atoms with Crippen molar-refractivity contribution in [1.29, 1.82) is 0 Å². The first-order valence-corrected chi connectivity index (χ1v) is 11.2. The van der Waals surface area contributed by atoms with Crippen LogP contribution in [0.15, 0.2) is 96.0 Å². The highest BCUT2D eigenvalue weighted by Crippen LogP contribution is 2.27. The zero-order valence-corrected chi connectivity index (χ0v) is 19.6. The lowest BCUT2D eigenvalue weighted by Gasteiger charge is -2.09. The second-order valence-electron chi connectivity index (χ2n) is 7.67. The summed E-state index contributed by atoms with van der Waals surface area (Å²) in [7, 11) is 0. The van der Waals surface area contributed by atoms with Crippen molar-refractivity contribution in [2.45, 2.75) is 6.92 Å². The normalized spacial score (nSPS) is 10.8. The molecule has 1 N–H and O–H groups in total. The van der Waals surface area contributed by atoms with Crippen molar-refractivity contribution in [3.05, 3.63) is 113 Å². The summed E-state index contributed by atoms with van der Waals surface area (Å²) in [6, 6.07) is 26.3. The van der Waals surface area contributed by atoms with Crippen LogP contribution in [0.2, 0.25) is 5.02 Å². The van der Waals surface area contributed by atoms with Gasteiger partial charge < -0.3 is 14.8 Å². The van der Waals surface area contributed by atoms with Gasteiger partial charge in [-0.15, -0.1) is 0 Å². The number of hydrogen-bond donors (Lipinski definition) is 1. The van der Waals surface area contributed by atoms with Gasteiger partial charge in [0.25, 0.3) is 5.91 Å². The summed E-state index contributed by atoms with van der Waals surface area (Å²) in [5.74, 6) is 0.817. The molecule has 0 aliphatic heterocycles. The molecule has 5 nitrogen and oxygen atoms in total. The second-order valence-corrected chi connectivity index (χ2v) is 8.08. The Bertz CT molecular complexity index is 1340. The molecule has 35 heavy (non-hydrogen) atoms. The van der Waals surface area contributed by atoms with E-state index in [0.29, 0.717) is 10.8 Å². The maximum atomic E-state index is 13.6. The molecule has 0 spiro atoms. The summed E-state index contributed by atoms with van der Waals surface area (Å²) in [4.78, 5) is 16.5. The van der Waals surface area contributed by atoms with E-state index in [2.05, 4.69) is 10.3 Å². The average Bonchev–Trinajstić information content (AvgIpc) is 2.86. The highest BCUT2D eigenvalue weighted by molar-refractivity contribution is 6.32. The Morgan fingerprint density at radius 1 is 0.971 bits per heavy atom. The molecule has 0 radical (unpaired) electrons. The molecule has 0 aliphatic rings. The van der Waals surface area contributed by atoms with Gasteiger partial charge in [0.2, 0.25) is 0 Å². The van der Waals surface area contributed by atoms with Gasteiger partial charge in [-0.2, -0.15) is 0 Å². The lowest BCUT2D eigenvalue weighted by molar-refractivity contribution is -0.118. The Balaban J connectivity index is 1.31. The Morgan fingerprint density at radius 3 is 2.34 bits per heavy atom. The predicted octanol–water partition coefficient (Wildman–Crippen LogP) is 7.35. The molecule has 7 heteroatoms. The molecular weight excluding hydrogens is 467 g/mol. The number of para-hydroxylation sites is 1. The number of rotatable bonds is 8. The molecule has 0 aromatic heterocycles. The van der Waals surface area contributed by atoms with E-state index < -0.39 is 11.7 Å². The summed E-state index contributed by atoms with van der Waals surface area (Å²) in [6.07, 6.45) is 1.68. The van der Waals surface area contributed by atoms with Crippen LogP contribution in [0.25, 0.3) is 0 Å². The van der Waals surface area contributed by atoms with Crippen LogP contribution < -0.4 is 14.8 Å². The van der Waals surface area contributed by atoms with Crippen LogP contribution in [0.1, 0.15) is 11.1 Å². The van der Waals surface area contributed by atoms with Gasteiger partial charge in [0, 0.05) is 6.21 Å². The SMILES string of the molecule is Cc1ccc(Oc2ccc(N=Cc3ccc(OCC(=O)Nc4ccccc4F)c(Cl)c3)cc2)cc1. The van der Waals surface area contributed by atoms with Crippen molar-refractivity contribution < 1.29 is 18.7 Å². The Kier molecular flexibility index (Phi) is 7.75. The first kappa shape index (κ1) is 24.0. The lowest BCUT2D eigenvalue weighted by Crippen LogP contribution is -2.20. The van der Waals surface area contributed by atoms with Crippen LogP contribution in [0.5, 0.6) is 17.2 Å². The van der Waals surface area contributed by atoms with E-state index in [9.17, 15) is 9.18 Å². The maximum Gasteiger partial charge on any atom is 0.262 e. The Hall–Kier alpha value is -4.16. The number of nitrogens with zero attached hydrogens (tertiary/aromatic N) is 1. The van der Waals surface area contributed by atoms with Gasteiger partial charge >= 0.3 is 0 Å². The Labute approximate surface area is 207 Å². The first-order chi connectivity index (χ1) is 17.0. The smallest absolute Gasteiger partial charge is 0.262 e. The molecule has 0 saturated carbocycles. The summed E-state index contributed by atoms with van der Waals surface area (Å²) in [5, 5.41) is 2.79. The molecule has 0 bridgehead atoms. The molecule has 0 unspecified atom stereocenters. The monoisotopic (exact) mass is 488 g/mol. The topological polar surface area (TPSA) is 59.9 Å². The molecule has 0 saturated heterocycles. The highest BCUT2D eigenvalue weighted by Gasteiger charge is 2.09. The molecule has 0 fully saturated rings. The van der Waals surface area contributed by atoms with Crippen molar-refractivity contribution in [3.63, 3.8) is 0 Å². The molecular formula is C28H22ClFN2O3. The number of benzene rings is 4. The first-order valence-electron chi connectivity index (χ1n) is 10.8. The van der Waals surface area contributed by atoms with E-state index in [4.69, 9.17) is 21.1 Å². The number of halogens is 2. The summed E-state index contributed by atoms with van der Waals surface area (Å²) in [6.45, 7) is 1.72. The van der Waals surface area contributed by atoms with Gasteiger partial charge in [-0.1, -0.05) is 41.4 Å². The maximum absolute atomic E-state index is 13.6. The van der Waals surface area contributed by atoms with Gasteiger partial charge in [-0.3, -0.25) is 9.79 Å². The van der Waals surface area contributed by atoms with Crippen LogP contribution in [0.4, 0.5) is 15.8 Å². The zero-order chi connectivity index (χ0) is 24.6. The standard InChI is InChI=1S/C28H22ClFN2O3/c1-19-6-11-22(12-7-19)35-23-13-9-21(10-14-23)31-17-20-8-15-27(24(29)16-20)34-18-28(33)32-26-5-3-2-4-25(26)30/h2-17H,18H2,1H3,(H,32,33). The summed E-state index contributed by atoms with van der Waals surface area (Å²) in [5.41, 5.74) is 2.78. The number of aryl methyl sites for hydroxylation is 1.